The maximum Gasteiger partial charge on any atom is 0.230 e. The molecule has 0 radical (unpaired) electrons. The van der Waals surface area contributed by atoms with Gasteiger partial charge in [-0.3, -0.25) is 4.79 Å². The number of carbonyl (C=O) groups excluding carboxylic acids is 1. The van der Waals surface area contributed by atoms with Crippen LogP contribution in [0.5, 0.6) is 5.75 Å². The molecule has 0 aromatic heterocycles. The first-order valence-electron chi connectivity index (χ1n) is 6.57. The summed E-state index contributed by atoms with van der Waals surface area (Å²) in [6, 6.07) is 12.8. The van der Waals surface area contributed by atoms with E-state index in [0.29, 0.717) is 16.6 Å². The number of benzene rings is 2. The zero-order valence-corrected chi connectivity index (χ0v) is 14.3. The van der Waals surface area contributed by atoms with E-state index in [2.05, 4.69) is 5.32 Å². The molecule has 0 fully saturated rings. The van der Waals surface area contributed by atoms with Crippen molar-refractivity contribution < 1.29 is 9.53 Å². The number of ether oxygens (including phenoxy) is 1. The van der Waals surface area contributed by atoms with Gasteiger partial charge in [0.1, 0.15) is 5.75 Å². The van der Waals surface area contributed by atoms with Crippen molar-refractivity contribution in [1.29, 1.82) is 0 Å². The molecule has 6 heteroatoms. The number of hydrogen-bond acceptors (Lipinski definition) is 3. The third-order valence-electron chi connectivity index (χ3n) is 2.94. The number of carbonyl (C=O) groups is 1. The van der Waals surface area contributed by atoms with Gasteiger partial charge in [-0.25, -0.2) is 0 Å². The quantitative estimate of drug-likeness (QED) is 0.779. The molecular formula is C16H15Cl2NO2S. The first-order valence-corrected chi connectivity index (χ1v) is 8.31. The van der Waals surface area contributed by atoms with Crippen LogP contribution in [-0.2, 0) is 11.3 Å². The number of halogens is 2. The summed E-state index contributed by atoms with van der Waals surface area (Å²) in [5, 5.41) is 3.96. The molecule has 0 saturated heterocycles. The Bertz CT molecular complexity index is 644. The van der Waals surface area contributed by atoms with Crippen LogP contribution in [-0.4, -0.2) is 18.8 Å². The van der Waals surface area contributed by atoms with Crippen LogP contribution in [0.25, 0.3) is 0 Å². The van der Waals surface area contributed by atoms with Gasteiger partial charge in [0.2, 0.25) is 5.91 Å². The zero-order valence-electron chi connectivity index (χ0n) is 11.9. The fraction of sp³-hybridized carbons (Fsp3) is 0.188. The number of rotatable bonds is 6. The van der Waals surface area contributed by atoms with Crippen molar-refractivity contribution >= 4 is 40.9 Å². The third-order valence-corrected chi connectivity index (χ3v) is 4.92. The molecule has 0 spiro atoms. The molecule has 2 rings (SSSR count). The molecule has 0 unspecified atom stereocenters. The highest BCUT2D eigenvalue weighted by molar-refractivity contribution is 8.00. The Labute approximate surface area is 144 Å². The molecule has 22 heavy (non-hydrogen) atoms. The number of amides is 1. The summed E-state index contributed by atoms with van der Waals surface area (Å²) in [5.41, 5.74) is 0.930. The van der Waals surface area contributed by atoms with Crippen molar-refractivity contribution in [2.45, 2.75) is 11.4 Å². The fourth-order valence-electron chi connectivity index (χ4n) is 1.85. The van der Waals surface area contributed by atoms with E-state index < -0.39 is 0 Å². The van der Waals surface area contributed by atoms with Gasteiger partial charge in [-0.15, -0.1) is 11.8 Å². The second-order valence-electron chi connectivity index (χ2n) is 4.43. The van der Waals surface area contributed by atoms with Crippen LogP contribution >= 0.6 is 35.0 Å². The minimum Gasteiger partial charge on any atom is -0.496 e. The summed E-state index contributed by atoms with van der Waals surface area (Å²) in [5.74, 6) is 0.912. The molecule has 0 bridgehead atoms. The summed E-state index contributed by atoms with van der Waals surface area (Å²) in [6.45, 7) is 0.416. The fourth-order valence-corrected chi connectivity index (χ4v) is 3.37. The van der Waals surface area contributed by atoms with Crippen molar-refractivity contribution in [3.05, 3.63) is 58.1 Å². The highest BCUT2D eigenvalue weighted by Crippen LogP contribution is 2.33. The molecule has 0 aliphatic heterocycles. The van der Waals surface area contributed by atoms with Crippen molar-refractivity contribution in [3.63, 3.8) is 0 Å². The average Bonchev–Trinajstić information content (AvgIpc) is 2.52. The van der Waals surface area contributed by atoms with Crippen LogP contribution < -0.4 is 10.1 Å². The van der Waals surface area contributed by atoms with Gasteiger partial charge in [0, 0.05) is 17.0 Å². The van der Waals surface area contributed by atoms with E-state index in [1.54, 1.807) is 25.3 Å². The maximum absolute atomic E-state index is 12.0. The number of nitrogens with one attached hydrogen (secondary N) is 1. The summed E-state index contributed by atoms with van der Waals surface area (Å²) >= 11 is 13.5. The average molecular weight is 356 g/mol. The number of para-hydroxylation sites is 1. The first kappa shape index (κ1) is 17.0. The second-order valence-corrected chi connectivity index (χ2v) is 6.23. The van der Waals surface area contributed by atoms with Crippen molar-refractivity contribution in [2.24, 2.45) is 0 Å². The van der Waals surface area contributed by atoms with Crippen molar-refractivity contribution in [2.75, 3.05) is 12.9 Å². The summed E-state index contributed by atoms with van der Waals surface area (Å²) < 4.78 is 5.25. The number of thioether (sulfide) groups is 1. The Morgan fingerprint density at radius 2 is 1.82 bits per heavy atom. The van der Waals surface area contributed by atoms with Crippen LogP contribution in [0.3, 0.4) is 0 Å². The molecule has 0 heterocycles. The molecule has 0 aliphatic carbocycles. The molecular weight excluding hydrogens is 341 g/mol. The molecule has 0 atom stereocenters. The lowest BCUT2D eigenvalue weighted by Gasteiger charge is -2.10. The van der Waals surface area contributed by atoms with E-state index in [9.17, 15) is 4.79 Å². The molecule has 1 amide bonds. The largest absolute Gasteiger partial charge is 0.496 e. The van der Waals surface area contributed by atoms with Gasteiger partial charge in [0.05, 0.1) is 22.9 Å². The molecule has 2 aromatic carbocycles. The Morgan fingerprint density at radius 1 is 1.14 bits per heavy atom. The van der Waals surface area contributed by atoms with Crippen LogP contribution in [0.4, 0.5) is 0 Å². The van der Waals surface area contributed by atoms with Gasteiger partial charge in [0.25, 0.3) is 0 Å². The Morgan fingerprint density at radius 3 is 2.50 bits per heavy atom. The summed E-state index contributed by atoms with van der Waals surface area (Å²) in [4.78, 5) is 12.7. The summed E-state index contributed by atoms with van der Waals surface area (Å²) in [7, 11) is 1.61. The smallest absolute Gasteiger partial charge is 0.230 e. The van der Waals surface area contributed by atoms with Crippen molar-refractivity contribution in [1.82, 2.24) is 5.32 Å². The predicted molar refractivity (Wildman–Crippen MR) is 92.0 cm³/mol. The lowest BCUT2D eigenvalue weighted by Crippen LogP contribution is -2.24. The Kier molecular flexibility index (Phi) is 6.43. The van der Waals surface area contributed by atoms with Crippen LogP contribution in [0.1, 0.15) is 5.56 Å². The third kappa shape index (κ3) is 4.57. The number of hydrogen-bond donors (Lipinski definition) is 1. The highest BCUT2D eigenvalue weighted by atomic mass is 35.5. The zero-order chi connectivity index (χ0) is 15.9. The van der Waals surface area contributed by atoms with Gasteiger partial charge in [0.15, 0.2) is 0 Å². The minimum atomic E-state index is -0.0908. The topological polar surface area (TPSA) is 38.3 Å². The molecule has 116 valence electrons. The van der Waals surface area contributed by atoms with Gasteiger partial charge < -0.3 is 10.1 Å². The summed E-state index contributed by atoms with van der Waals surface area (Å²) in [6.07, 6.45) is 0. The van der Waals surface area contributed by atoms with Gasteiger partial charge in [-0.05, 0) is 18.2 Å². The predicted octanol–water partition coefficient (Wildman–Crippen LogP) is 4.41. The molecule has 1 N–H and O–H groups in total. The van der Waals surface area contributed by atoms with Crippen LogP contribution in [0.15, 0.2) is 47.4 Å². The van der Waals surface area contributed by atoms with E-state index in [-0.39, 0.29) is 11.7 Å². The van der Waals surface area contributed by atoms with Crippen LogP contribution in [0.2, 0.25) is 10.0 Å². The SMILES string of the molecule is COc1ccccc1CNC(=O)CSc1c(Cl)cccc1Cl. The van der Waals surface area contributed by atoms with Crippen LogP contribution in [0, 0.1) is 0 Å². The highest BCUT2D eigenvalue weighted by Gasteiger charge is 2.10. The van der Waals surface area contributed by atoms with Gasteiger partial charge in [-0.1, -0.05) is 47.5 Å². The molecule has 0 saturated carbocycles. The lowest BCUT2D eigenvalue weighted by atomic mass is 10.2. The molecule has 3 nitrogen and oxygen atoms in total. The van der Waals surface area contributed by atoms with E-state index in [1.807, 2.05) is 24.3 Å². The lowest BCUT2D eigenvalue weighted by molar-refractivity contribution is -0.118. The Balaban J connectivity index is 1.88. The van der Waals surface area contributed by atoms with E-state index in [1.165, 1.54) is 11.8 Å². The molecule has 0 aliphatic rings. The second kappa shape index (κ2) is 8.32. The minimum absolute atomic E-state index is 0.0908. The standard InChI is InChI=1S/C16H15Cl2NO2S/c1-21-14-8-3-2-5-11(14)9-19-15(20)10-22-16-12(17)6-4-7-13(16)18/h2-8H,9-10H2,1H3,(H,19,20). The number of methoxy groups -OCH3 is 1. The van der Waals surface area contributed by atoms with Gasteiger partial charge >= 0.3 is 0 Å². The maximum atomic E-state index is 12.0. The normalized spacial score (nSPS) is 10.3. The van der Waals surface area contributed by atoms with Gasteiger partial charge in [-0.2, -0.15) is 0 Å². The van der Waals surface area contributed by atoms with E-state index in [4.69, 9.17) is 27.9 Å². The van der Waals surface area contributed by atoms with E-state index >= 15 is 0 Å². The van der Waals surface area contributed by atoms with Crippen molar-refractivity contribution in [3.8, 4) is 5.75 Å². The van der Waals surface area contributed by atoms with E-state index in [0.717, 1.165) is 16.2 Å². The molecule has 2 aromatic rings. The Hall–Kier alpha value is -1.36. The first-order chi connectivity index (χ1) is 10.6. The monoisotopic (exact) mass is 355 g/mol.